The van der Waals surface area contributed by atoms with Gasteiger partial charge in [-0.15, -0.1) is 0 Å². The predicted octanol–water partition coefficient (Wildman–Crippen LogP) is 4.07. The zero-order valence-corrected chi connectivity index (χ0v) is 16.2. The lowest BCUT2D eigenvalue weighted by atomic mass is 9.53. The van der Waals surface area contributed by atoms with Gasteiger partial charge in [0.15, 0.2) is 0 Å². The topological polar surface area (TPSA) is 61.1 Å². The van der Waals surface area contributed by atoms with Gasteiger partial charge in [0, 0.05) is 6.42 Å². The van der Waals surface area contributed by atoms with Crippen molar-refractivity contribution in [3.8, 4) is 6.07 Å². The Bertz CT molecular complexity index is 857. The van der Waals surface area contributed by atoms with Crippen molar-refractivity contribution in [1.29, 1.82) is 5.26 Å². The highest BCUT2D eigenvalue weighted by molar-refractivity contribution is 5.67. The third-order valence-electron chi connectivity index (χ3n) is 12.1. The van der Waals surface area contributed by atoms with Crippen LogP contribution in [0.4, 0.5) is 0 Å². The van der Waals surface area contributed by atoms with Gasteiger partial charge in [-0.25, -0.2) is 0 Å². The summed E-state index contributed by atoms with van der Waals surface area (Å²) in [5.41, 5.74) is 0. The summed E-state index contributed by atoms with van der Waals surface area (Å²) in [4.78, 5) is 11.5. The van der Waals surface area contributed by atoms with Gasteiger partial charge in [-0.3, -0.25) is 4.79 Å². The van der Waals surface area contributed by atoms with Gasteiger partial charge in [-0.05, 0) is 114 Å². The van der Waals surface area contributed by atoms with Crippen LogP contribution in [0.25, 0.3) is 0 Å². The van der Waals surface area contributed by atoms with Gasteiger partial charge in [0.05, 0.1) is 12.0 Å². The molecular weight excluding hydrogens is 346 g/mol. The van der Waals surface area contributed by atoms with Crippen LogP contribution < -0.4 is 0 Å². The SMILES string of the molecule is N#CC1C(CC(=O)O)C2CC1C1C3CC(C21)C1C2CC(C4C5C=CC(C5)C24)C31. The summed E-state index contributed by atoms with van der Waals surface area (Å²) in [6, 6.07) is 2.60. The van der Waals surface area contributed by atoms with Crippen LogP contribution >= 0.6 is 0 Å². The van der Waals surface area contributed by atoms with Crippen molar-refractivity contribution in [3.05, 3.63) is 12.2 Å². The molecule has 8 bridgehead atoms. The van der Waals surface area contributed by atoms with E-state index in [1.54, 1.807) is 0 Å². The van der Waals surface area contributed by atoms with Crippen LogP contribution in [-0.2, 0) is 4.79 Å². The van der Waals surface area contributed by atoms with E-state index < -0.39 is 5.97 Å². The van der Waals surface area contributed by atoms with E-state index in [-0.39, 0.29) is 18.3 Å². The zero-order chi connectivity index (χ0) is 18.5. The van der Waals surface area contributed by atoms with Gasteiger partial charge in [0.1, 0.15) is 0 Å². The van der Waals surface area contributed by atoms with Crippen LogP contribution in [0, 0.1) is 106 Å². The molecule has 8 aliphatic rings. The molecule has 0 radical (unpaired) electrons. The summed E-state index contributed by atoms with van der Waals surface area (Å²) in [5.74, 6) is 11.6. The lowest BCUT2D eigenvalue weighted by molar-refractivity contribution is -0.139. The van der Waals surface area contributed by atoms with Crippen LogP contribution in [-0.4, -0.2) is 11.1 Å². The molecule has 7 saturated carbocycles. The lowest BCUT2D eigenvalue weighted by Crippen LogP contribution is -2.48. The van der Waals surface area contributed by atoms with Crippen molar-refractivity contribution >= 4 is 5.97 Å². The van der Waals surface area contributed by atoms with Gasteiger partial charge >= 0.3 is 5.97 Å². The Balaban J connectivity index is 1.17. The first kappa shape index (κ1) is 15.5. The highest BCUT2D eigenvalue weighted by Crippen LogP contribution is 2.81. The molecule has 0 heterocycles. The molecule has 0 aliphatic heterocycles. The van der Waals surface area contributed by atoms with Crippen LogP contribution in [0.5, 0.6) is 0 Å². The maximum absolute atomic E-state index is 11.5. The number of nitriles is 1. The number of rotatable bonds is 2. The fraction of sp³-hybridized carbons (Fsp3) is 0.840. The Kier molecular flexibility index (Phi) is 2.61. The summed E-state index contributed by atoms with van der Waals surface area (Å²) in [6.07, 6.45) is 10.9. The van der Waals surface area contributed by atoms with Gasteiger partial charge < -0.3 is 5.11 Å². The molecular formula is C25H29NO2. The monoisotopic (exact) mass is 375 g/mol. The van der Waals surface area contributed by atoms with Crippen molar-refractivity contribution in [1.82, 2.24) is 0 Å². The molecule has 1 N–H and O–H groups in total. The first-order valence-corrected chi connectivity index (χ1v) is 12.0. The number of carboxylic acid groups (broad SMARTS) is 1. The van der Waals surface area contributed by atoms with E-state index >= 15 is 0 Å². The summed E-state index contributed by atoms with van der Waals surface area (Å²) >= 11 is 0. The summed E-state index contributed by atoms with van der Waals surface area (Å²) in [6.45, 7) is 0. The number of carbonyl (C=O) groups is 1. The zero-order valence-electron chi connectivity index (χ0n) is 16.2. The maximum atomic E-state index is 11.5. The fourth-order valence-corrected chi connectivity index (χ4v) is 12.3. The molecule has 0 saturated heterocycles. The smallest absolute Gasteiger partial charge is 0.303 e. The second kappa shape index (κ2) is 4.71. The Morgan fingerprint density at radius 1 is 0.786 bits per heavy atom. The minimum atomic E-state index is -0.688. The van der Waals surface area contributed by atoms with Crippen molar-refractivity contribution in [2.75, 3.05) is 0 Å². The van der Waals surface area contributed by atoms with E-state index in [4.69, 9.17) is 0 Å². The number of carboxylic acids is 1. The van der Waals surface area contributed by atoms with Gasteiger partial charge in [-0.1, -0.05) is 12.2 Å². The summed E-state index contributed by atoms with van der Waals surface area (Å²) in [7, 11) is 0. The summed E-state index contributed by atoms with van der Waals surface area (Å²) < 4.78 is 0. The molecule has 16 atom stereocenters. The van der Waals surface area contributed by atoms with E-state index in [0.29, 0.717) is 11.8 Å². The highest BCUT2D eigenvalue weighted by Gasteiger charge is 2.76. The van der Waals surface area contributed by atoms with Crippen LogP contribution in [0.15, 0.2) is 12.2 Å². The Labute approximate surface area is 166 Å². The van der Waals surface area contributed by atoms with Crippen LogP contribution in [0.1, 0.15) is 32.1 Å². The summed E-state index contributed by atoms with van der Waals surface area (Å²) in [5, 5.41) is 19.4. The normalized spacial score (nSPS) is 67.7. The second-order valence-electron chi connectivity index (χ2n) is 12.0. The van der Waals surface area contributed by atoms with E-state index in [9.17, 15) is 15.2 Å². The molecule has 3 heteroatoms. The number of fused-ring (bicyclic) bond motifs is 23. The largest absolute Gasteiger partial charge is 0.481 e. The van der Waals surface area contributed by atoms with Gasteiger partial charge in [0.2, 0.25) is 0 Å². The average molecular weight is 376 g/mol. The van der Waals surface area contributed by atoms with Crippen molar-refractivity contribution in [3.63, 3.8) is 0 Å². The Morgan fingerprint density at radius 3 is 1.86 bits per heavy atom. The quantitative estimate of drug-likeness (QED) is 0.585. The Hall–Kier alpha value is -1.30. The third-order valence-corrected chi connectivity index (χ3v) is 12.1. The maximum Gasteiger partial charge on any atom is 0.303 e. The molecule has 0 spiro atoms. The molecule has 0 aromatic carbocycles. The number of aliphatic carboxylic acids is 1. The molecule has 7 fully saturated rings. The van der Waals surface area contributed by atoms with Crippen molar-refractivity contribution in [2.45, 2.75) is 32.1 Å². The van der Waals surface area contributed by atoms with E-state index in [2.05, 4.69) is 18.2 Å². The predicted molar refractivity (Wildman–Crippen MR) is 101 cm³/mol. The number of hydrogen-bond acceptors (Lipinski definition) is 2. The van der Waals surface area contributed by atoms with E-state index in [1.165, 1.54) is 25.7 Å². The van der Waals surface area contributed by atoms with E-state index in [0.717, 1.165) is 71.0 Å². The van der Waals surface area contributed by atoms with Crippen molar-refractivity contribution in [2.24, 2.45) is 94.7 Å². The van der Waals surface area contributed by atoms with Gasteiger partial charge in [-0.2, -0.15) is 5.26 Å². The van der Waals surface area contributed by atoms with Gasteiger partial charge in [0.25, 0.3) is 0 Å². The van der Waals surface area contributed by atoms with Crippen LogP contribution in [0.3, 0.4) is 0 Å². The standard InChI is InChI=1S/C25H29NO2/c26-8-18-11(7-19(27)28)12-4-13(18)23-17-6-16(22(12)23)24-14-5-15(25(17)24)21-10-2-1-9(3-10)20(14)21/h1-2,9-18,20-25H,3-7H2,(H,27,28). The molecule has 0 aromatic rings. The third kappa shape index (κ3) is 1.45. The number of nitrogens with zero attached hydrogens (tertiary/aromatic N) is 1. The molecule has 146 valence electrons. The first-order chi connectivity index (χ1) is 13.7. The molecule has 8 aliphatic carbocycles. The molecule has 8 rings (SSSR count). The average Bonchev–Trinajstić information content (AvgIpc) is 3.51. The second-order valence-corrected chi connectivity index (χ2v) is 12.0. The Morgan fingerprint density at radius 2 is 1.29 bits per heavy atom. The van der Waals surface area contributed by atoms with Crippen molar-refractivity contribution < 1.29 is 9.90 Å². The van der Waals surface area contributed by atoms with Crippen LogP contribution in [0.2, 0.25) is 0 Å². The fourth-order valence-electron chi connectivity index (χ4n) is 12.3. The lowest BCUT2D eigenvalue weighted by Gasteiger charge is -2.51. The molecule has 0 aromatic heterocycles. The van der Waals surface area contributed by atoms with E-state index in [1.807, 2.05) is 0 Å². The molecule has 16 unspecified atom stereocenters. The number of hydrogen-bond donors (Lipinski definition) is 1. The minimum Gasteiger partial charge on any atom is -0.481 e. The number of allylic oxidation sites excluding steroid dienone is 2. The molecule has 28 heavy (non-hydrogen) atoms. The molecule has 3 nitrogen and oxygen atoms in total. The minimum absolute atomic E-state index is 0.0249. The first-order valence-electron chi connectivity index (χ1n) is 12.0. The molecule has 0 amide bonds. The highest BCUT2D eigenvalue weighted by atomic mass is 16.4.